The van der Waals surface area contributed by atoms with Gasteiger partial charge < -0.3 is 15.0 Å². The molecule has 3 rings (SSSR count). The number of rotatable bonds is 5. The van der Waals surface area contributed by atoms with Crippen LogP contribution in [-0.2, 0) is 4.79 Å². The summed E-state index contributed by atoms with van der Waals surface area (Å²) in [6, 6.07) is 15.4. The van der Waals surface area contributed by atoms with E-state index >= 15 is 0 Å². The van der Waals surface area contributed by atoms with Crippen LogP contribution in [0.1, 0.15) is 19.8 Å². The number of ether oxygens (including phenoxy) is 1. The van der Waals surface area contributed by atoms with Gasteiger partial charge in [-0.2, -0.15) is 0 Å². The second kappa shape index (κ2) is 7.71. The van der Waals surface area contributed by atoms with E-state index in [1.165, 1.54) is 18.5 Å². The summed E-state index contributed by atoms with van der Waals surface area (Å²) in [6.07, 6.45) is 1.94. The van der Waals surface area contributed by atoms with Gasteiger partial charge in [0.2, 0.25) is 0 Å². The Kier molecular flexibility index (Phi) is 5.41. The molecule has 24 heavy (non-hydrogen) atoms. The van der Waals surface area contributed by atoms with Gasteiger partial charge in [-0.15, -0.1) is 0 Å². The topological polar surface area (TPSA) is 41.6 Å². The first kappa shape index (κ1) is 16.8. The van der Waals surface area contributed by atoms with E-state index in [9.17, 15) is 4.79 Å². The fraction of sp³-hybridized carbons (Fsp3) is 0.316. The molecule has 0 saturated carbocycles. The summed E-state index contributed by atoms with van der Waals surface area (Å²) >= 11 is 3.38. The van der Waals surface area contributed by atoms with Crippen molar-refractivity contribution in [3.63, 3.8) is 0 Å². The molecule has 1 fully saturated rings. The zero-order chi connectivity index (χ0) is 16.9. The Bertz CT molecular complexity index is 680. The van der Waals surface area contributed by atoms with E-state index < -0.39 is 6.10 Å². The Balaban J connectivity index is 1.56. The molecule has 1 saturated heterocycles. The molecule has 0 aliphatic carbocycles. The number of amides is 1. The maximum Gasteiger partial charge on any atom is 0.265 e. The molecule has 1 amide bonds. The van der Waals surface area contributed by atoms with Crippen LogP contribution >= 0.6 is 15.9 Å². The largest absolute Gasteiger partial charge is 0.481 e. The molecular formula is C19H21BrN2O2. The van der Waals surface area contributed by atoms with E-state index in [2.05, 4.69) is 38.3 Å². The van der Waals surface area contributed by atoms with Crippen LogP contribution in [0.5, 0.6) is 5.75 Å². The summed E-state index contributed by atoms with van der Waals surface area (Å²) < 4.78 is 6.64. The Morgan fingerprint density at radius 2 is 1.71 bits per heavy atom. The van der Waals surface area contributed by atoms with Crippen molar-refractivity contribution in [3.05, 3.63) is 53.0 Å². The summed E-state index contributed by atoms with van der Waals surface area (Å²) in [5, 5.41) is 2.90. The lowest BCUT2D eigenvalue weighted by molar-refractivity contribution is -0.122. The minimum absolute atomic E-state index is 0.160. The maximum absolute atomic E-state index is 12.3. The predicted molar refractivity (Wildman–Crippen MR) is 101 cm³/mol. The number of nitrogens with one attached hydrogen (secondary N) is 1. The lowest BCUT2D eigenvalue weighted by Crippen LogP contribution is -2.30. The normalized spacial score (nSPS) is 15.2. The number of hydrogen-bond donors (Lipinski definition) is 1. The Morgan fingerprint density at radius 1 is 1.08 bits per heavy atom. The Labute approximate surface area is 150 Å². The second-order valence-electron chi connectivity index (χ2n) is 5.94. The summed E-state index contributed by atoms with van der Waals surface area (Å²) in [4.78, 5) is 14.6. The van der Waals surface area contributed by atoms with E-state index in [-0.39, 0.29) is 5.91 Å². The molecule has 0 radical (unpaired) electrons. The SMILES string of the molecule is C[C@H](Oc1ccc(Br)cc1)C(=O)Nc1ccc(N2CCCC2)cc1. The second-order valence-corrected chi connectivity index (χ2v) is 6.86. The predicted octanol–water partition coefficient (Wildman–Crippen LogP) is 4.46. The number of hydrogen-bond acceptors (Lipinski definition) is 3. The molecule has 2 aromatic rings. The maximum atomic E-state index is 12.3. The molecule has 1 aliphatic heterocycles. The molecule has 1 aliphatic rings. The number of carbonyl (C=O) groups excluding carboxylic acids is 1. The Hall–Kier alpha value is -2.01. The molecule has 0 aromatic heterocycles. The van der Waals surface area contributed by atoms with Gasteiger partial charge >= 0.3 is 0 Å². The standard InChI is InChI=1S/C19H21BrN2O2/c1-14(24-18-10-4-15(20)5-11-18)19(23)21-16-6-8-17(9-7-16)22-12-2-3-13-22/h4-11,14H,2-3,12-13H2,1H3,(H,21,23)/t14-/m0/s1. The molecule has 2 aromatic carbocycles. The molecule has 1 atom stereocenters. The number of anilines is 2. The van der Waals surface area contributed by atoms with E-state index in [1.807, 2.05) is 36.4 Å². The van der Waals surface area contributed by atoms with Gasteiger partial charge in [0.25, 0.3) is 5.91 Å². The molecule has 0 bridgehead atoms. The van der Waals surface area contributed by atoms with Crippen LogP contribution in [-0.4, -0.2) is 25.1 Å². The number of benzene rings is 2. The highest BCUT2D eigenvalue weighted by Crippen LogP contribution is 2.22. The van der Waals surface area contributed by atoms with Crippen molar-refractivity contribution in [2.45, 2.75) is 25.9 Å². The fourth-order valence-electron chi connectivity index (χ4n) is 2.75. The molecule has 126 valence electrons. The first-order chi connectivity index (χ1) is 11.6. The highest BCUT2D eigenvalue weighted by Gasteiger charge is 2.16. The van der Waals surface area contributed by atoms with Crippen LogP contribution in [0.2, 0.25) is 0 Å². The lowest BCUT2D eigenvalue weighted by atomic mass is 10.2. The van der Waals surface area contributed by atoms with Crippen LogP contribution < -0.4 is 15.0 Å². The van der Waals surface area contributed by atoms with E-state index in [0.717, 1.165) is 23.2 Å². The fourth-order valence-corrected chi connectivity index (χ4v) is 3.01. The summed E-state index contributed by atoms with van der Waals surface area (Å²) in [5.74, 6) is 0.511. The van der Waals surface area contributed by atoms with Gasteiger partial charge in [0.05, 0.1) is 0 Å². The molecule has 0 unspecified atom stereocenters. The van der Waals surface area contributed by atoms with Crippen molar-refractivity contribution >= 4 is 33.2 Å². The number of nitrogens with zero attached hydrogens (tertiary/aromatic N) is 1. The summed E-state index contributed by atoms with van der Waals surface area (Å²) in [7, 11) is 0. The third-order valence-electron chi connectivity index (χ3n) is 4.10. The van der Waals surface area contributed by atoms with Crippen LogP contribution in [0, 0.1) is 0 Å². The van der Waals surface area contributed by atoms with Crippen LogP contribution in [0.3, 0.4) is 0 Å². The average Bonchev–Trinajstić information content (AvgIpc) is 3.12. The van der Waals surface area contributed by atoms with Crippen molar-refractivity contribution < 1.29 is 9.53 Å². The van der Waals surface area contributed by atoms with Gasteiger partial charge in [-0.3, -0.25) is 4.79 Å². The van der Waals surface area contributed by atoms with Gasteiger partial charge in [-0.25, -0.2) is 0 Å². The minimum Gasteiger partial charge on any atom is -0.481 e. The van der Waals surface area contributed by atoms with Gasteiger partial charge in [0.1, 0.15) is 5.75 Å². The van der Waals surface area contributed by atoms with Crippen molar-refractivity contribution in [1.82, 2.24) is 0 Å². The molecule has 1 heterocycles. The van der Waals surface area contributed by atoms with Crippen LogP contribution in [0.25, 0.3) is 0 Å². The molecule has 5 heteroatoms. The van der Waals surface area contributed by atoms with Crippen LogP contribution in [0.15, 0.2) is 53.0 Å². The monoisotopic (exact) mass is 388 g/mol. The van der Waals surface area contributed by atoms with E-state index in [0.29, 0.717) is 5.75 Å². The summed E-state index contributed by atoms with van der Waals surface area (Å²) in [5.41, 5.74) is 2.00. The smallest absolute Gasteiger partial charge is 0.265 e. The highest BCUT2D eigenvalue weighted by molar-refractivity contribution is 9.10. The summed E-state index contributed by atoms with van der Waals surface area (Å²) in [6.45, 7) is 3.98. The van der Waals surface area contributed by atoms with Crippen molar-refractivity contribution in [2.24, 2.45) is 0 Å². The number of carbonyl (C=O) groups is 1. The lowest BCUT2D eigenvalue weighted by Gasteiger charge is -2.18. The van der Waals surface area contributed by atoms with Crippen molar-refractivity contribution in [2.75, 3.05) is 23.3 Å². The molecule has 4 nitrogen and oxygen atoms in total. The first-order valence-corrected chi connectivity index (χ1v) is 8.99. The minimum atomic E-state index is -0.565. The first-order valence-electron chi connectivity index (χ1n) is 8.20. The van der Waals surface area contributed by atoms with E-state index in [4.69, 9.17) is 4.74 Å². The van der Waals surface area contributed by atoms with E-state index in [1.54, 1.807) is 6.92 Å². The zero-order valence-electron chi connectivity index (χ0n) is 13.7. The van der Waals surface area contributed by atoms with Gasteiger partial charge in [0.15, 0.2) is 6.10 Å². The third-order valence-corrected chi connectivity index (χ3v) is 4.63. The molecule has 0 spiro atoms. The van der Waals surface area contributed by atoms with Crippen LogP contribution in [0.4, 0.5) is 11.4 Å². The number of halogens is 1. The quantitative estimate of drug-likeness (QED) is 0.821. The van der Waals surface area contributed by atoms with Crippen molar-refractivity contribution in [1.29, 1.82) is 0 Å². The van der Waals surface area contributed by atoms with Gasteiger partial charge in [0, 0.05) is 28.9 Å². The third kappa shape index (κ3) is 4.29. The van der Waals surface area contributed by atoms with Gasteiger partial charge in [-0.1, -0.05) is 15.9 Å². The molecule has 1 N–H and O–H groups in total. The Morgan fingerprint density at radius 3 is 2.33 bits per heavy atom. The zero-order valence-corrected chi connectivity index (χ0v) is 15.3. The average molecular weight is 389 g/mol. The van der Waals surface area contributed by atoms with Crippen molar-refractivity contribution in [3.8, 4) is 5.75 Å². The molecular weight excluding hydrogens is 368 g/mol. The van der Waals surface area contributed by atoms with Gasteiger partial charge in [-0.05, 0) is 68.3 Å². The highest BCUT2D eigenvalue weighted by atomic mass is 79.9.